The Morgan fingerprint density at radius 1 is 1.23 bits per heavy atom. The highest BCUT2D eigenvalue weighted by Gasteiger charge is 2.27. The molecule has 1 heterocycles. The normalized spacial score (nSPS) is 17.0. The molecule has 2 rings (SSSR count). The van der Waals surface area contributed by atoms with Gasteiger partial charge in [-0.05, 0) is 37.0 Å². The minimum atomic E-state index is 0.136. The second-order valence-corrected chi connectivity index (χ2v) is 4.99. The van der Waals surface area contributed by atoms with Crippen LogP contribution in [-0.4, -0.2) is 5.91 Å². The van der Waals surface area contributed by atoms with Gasteiger partial charge in [-0.1, -0.05) is 65.5 Å². The average Bonchev–Trinajstić information content (AvgIpc) is 2.55. The van der Waals surface area contributed by atoms with Crippen molar-refractivity contribution < 1.29 is 4.79 Å². The Morgan fingerprint density at radius 2 is 1.82 bits per heavy atom. The van der Waals surface area contributed by atoms with E-state index < -0.39 is 0 Å². The number of piperidine rings is 1. The first kappa shape index (κ1) is 20.2. The molecule has 0 spiro atoms. The molecular formula is C20H31NO. The number of hydrogen-bond donors (Lipinski definition) is 0. The van der Waals surface area contributed by atoms with Gasteiger partial charge >= 0.3 is 0 Å². The standard InChI is InChI=1S/C16H19NO.2C2H6/c1-11(2)14-6-5-7-15(10-14)17-13(4)12(3)8-9-16(17)18;2*1-2/h5-7,10,12H,1,4,8-9H2,2-3H3;2*1-2H3. The lowest BCUT2D eigenvalue weighted by Gasteiger charge is -2.33. The summed E-state index contributed by atoms with van der Waals surface area (Å²) in [4.78, 5) is 13.8. The van der Waals surface area contributed by atoms with Crippen LogP contribution in [0.4, 0.5) is 5.69 Å². The highest BCUT2D eigenvalue weighted by Crippen LogP contribution is 2.32. The number of allylic oxidation sites excluding steroid dienone is 2. The third-order valence-electron chi connectivity index (χ3n) is 3.49. The lowest BCUT2D eigenvalue weighted by Crippen LogP contribution is -2.36. The molecule has 2 nitrogen and oxygen atoms in total. The lowest BCUT2D eigenvalue weighted by molar-refractivity contribution is -0.119. The topological polar surface area (TPSA) is 20.3 Å². The maximum absolute atomic E-state index is 12.1. The molecule has 1 aromatic rings. The largest absolute Gasteiger partial charge is 0.285 e. The van der Waals surface area contributed by atoms with Gasteiger partial charge in [0.2, 0.25) is 5.91 Å². The molecule has 1 aromatic carbocycles. The molecule has 1 fully saturated rings. The van der Waals surface area contributed by atoms with E-state index in [0.717, 1.165) is 28.9 Å². The Balaban J connectivity index is 0.00000102. The van der Waals surface area contributed by atoms with Crippen LogP contribution in [0.2, 0.25) is 0 Å². The van der Waals surface area contributed by atoms with Gasteiger partial charge in [0.15, 0.2) is 0 Å². The van der Waals surface area contributed by atoms with E-state index in [1.165, 1.54) is 0 Å². The molecule has 22 heavy (non-hydrogen) atoms. The van der Waals surface area contributed by atoms with Gasteiger partial charge in [0.05, 0.1) is 0 Å². The van der Waals surface area contributed by atoms with Crippen LogP contribution >= 0.6 is 0 Å². The van der Waals surface area contributed by atoms with Crippen molar-refractivity contribution in [2.75, 3.05) is 4.90 Å². The Hall–Kier alpha value is -1.83. The Bertz CT molecular complexity index is 516. The van der Waals surface area contributed by atoms with Gasteiger partial charge in [-0.3, -0.25) is 9.69 Å². The van der Waals surface area contributed by atoms with E-state index in [0.29, 0.717) is 12.3 Å². The molecule has 1 atom stereocenters. The summed E-state index contributed by atoms with van der Waals surface area (Å²) in [5, 5.41) is 0. The van der Waals surface area contributed by atoms with E-state index in [2.05, 4.69) is 20.1 Å². The van der Waals surface area contributed by atoms with Crippen LogP contribution in [0, 0.1) is 5.92 Å². The third kappa shape index (κ3) is 4.87. The fourth-order valence-corrected chi connectivity index (χ4v) is 2.22. The summed E-state index contributed by atoms with van der Waals surface area (Å²) in [5.41, 5.74) is 3.86. The summed E-state index contributed by atoms with van der Waals surface area (Å²) in [7, 11) is 0. The molecule has 0 aliphatic carbocycles. The van der Waals surface area contributed by atoms with Crippen LogP contribution in [0.15, 0.2) is 43.1 Å². The fourth-order valence-electron chi connectivity index (χ4n) is 2.22. The van der Waals surface area contributed by atoms with Gasteiger partial charge in [-0.25, -0.2) is 0 Å². The summed E-state index contributed by atoms with van der Waals surface area (Å²) in [6, 6.07) is 7.92. The summed E-state index contributed by atoms with van der Waals surface area (Å²) in [6.45, 7) is 20.1. The smallest absolute Gasteiger partial charge is 0.231 e. The van der Waals surface area contributed by atoms with E-state index in [-0.39, 0.29) is 5.91 Å². The molecule has 0 aromatic heterocycles. The zero-order chi connectivity index (χ0) is 17.3. The quantitative estimate of drug-likeness (QED) is 0.651. The third-order valence-corrected chi connectivity index (χ3v) is 3.49. The fraction of sp³-hybridized carbons (Fsp3) is 0.450. The predicted molar refractivity (Wildman–Crippen MR) is 98.9 cm³/mol. The van der Waals surface area contributed by atoms with Crippen molar-refractivity contribution in [3.63, 3.8) is 0 Å². The monoisotopic (exact) mass is 301 g/mol. The van der Waals surface area contributed by atoms with Crippen molar-refractivity contribution in [3.8, 4) is 0 Å². The van der Waals surface area contributed by atoms with E-state index in [9.17, 15) is 4.79 Å². The first-order valence-electron chi connectivity index (χ1n) is 8.28. The highest BCUT2D eigenvalue weighted by molar-refractivity contribution is 5.97. The maximum Gasteiger partial charge on any atom is 0.231 e. The number of nitrogens with zero attached hydrogens (tertiary/aromatic N) is 1. The SMILES string of the molecule is C=C(C)c1cccc(N2C(=C)C(C)CCC2=O)c1.CC.CC. The first-order valence-corrected chi connectivity index (χ1v) is 8.28. The molecular weight excluding hydrogens is 270 g/mol. The van der Waals surface area contributed by atoms with Gasteiger partial charge in [-0.2, -0.15) is 0 Å². The molecule has 1 unspecified atom stereocenters. The molecule has 2 heteroatoms. The summed E-state index contributed by atoms with van der Waals surface area (Å²) in [6.07, 6.45) is 1.49. The van der Waals surface area contributed by atoms with Crippen molar-refractivity contribution in [1.29, 1.82) is 0 Å². The Morgan fingerprint density at radius 3 is 2.36 bits per heavy atom. The van der Waals surface area contributed by atoms with Gasteiger partial charge in [-0.15, -0.1) is 0 Å². The van der Waals surface area contributed by atoms with Crippen molar-refractivity contribution in [2.24, 2.45) is 5.92 Å². The zero-order valence-corrected chi connectivity index (χ0v) is 15.1. The van der Waals surface area contributed by atoms with Crippen molar-refractivity contribution in [1.82, 2.24) is 0 Å². The van der Waals surface area contributed by atoms with Crippen LogP contribution in [-0.2, 0) is 4.79 Å². The Labute approximate surface area is 136 Å². The van der Waals surface area contributed by atoms with Gasteiger partial charge in [0.25, 0.3) is 0 Å². The van der Waals surface area contributed by atoms with Gasteiger partial charge < -0.3 is 0 Å². The molecule has 122 valence electrons. The molecule has 0 radical (unpaired) electrons. The van der Waals surface area contributed by atoms with E-state index in [1.807, 2.05) is 58.9 Å². The van der Waals surface area contributed by atoms with Crippen LogP contribution in [0.5, 0.6) is 0 Å². The summed E-state index contributed by atoms with van der Waals surface area (Å²) >= 11 is 0. The van der Waals surface area contributed by atoms with Crippen LogP contribution in [0.25, 0.3) is 5.57 Å². The highest BCUT2D eigenvalue weighted by atomic mass is 16.2. The molecule has 1 saturated heterocycles. The maximum atomic E-state index is 12.1. The van der Waals surface area contributed by atoms with E-state index in [4.69, 9.17) is 0 Å². The summed E-state index contributed by atoms with van der Waals surface area (Å²) in [5.74, 6) is 0.494. The predicted octanol–water partition coefficient (Wildman–Crippen LogP) is 6.05. The minimum absolute atomic E-state index is 0.136. The first-order chi connectivity index (χ1) is 10.5. The Kier molecular flexibility index (Phi) is 9.16. The lowest BCUT2D eigenvalue weighted by atomic mass is 9.95. The van der Waals surface area contributed by atoms with Crippen molar-refractivity contribution in [3.05, 3.63) is 48.7 Å². The molecule has 0 saturated carbocycles. The van der Waals surface area contributed by atoms with Crippen molar-refractivity contribution >= 4 is 17.2 Å². The molecule has 0 N–H and O–H groups in total. The van der Waals surface area contributed by atoms with E-state index >= 15 is 0 Å². The minimum Gasteiger partial charge on any atom is -0.285 e. The van der Waals surface area contributed by atoms with E-state index in [1.54, 1.807) is 4.90 Å². The second kappa shape index (κ2) is 9.99. The number of rotatable bonds is 2. The molecule has 1 aliphatic rings. The zero-order valence-electron chi connectivity index (χ0n) is 15.1. The number of amides is 1. The van der Waals surface area contributed by atoms with Crippen LogP contribution < -0.4 is 4.90 Å². The van der Waals surface area contributed by atoms with Crippen molar-refractivity contribution in [2.45, 2.75) is 54.4 Å². The number of hydrogen-bond acceptors (Lipinski definition) is 1. The molecule has 0 bridgehead atoms. The number of carbonyl (C=O) groups excluding carboxylic acids is 1. The second-order valence-electron chi connectivity index (χ2n) is 4.99. The molecule has 1 amide bonds. The number of carbonyl (C=O) groups is 1. The van der Waals surface area contributed by atoms with Gasteiger partial charge in [0, 0.05) is 17.8 Å². The molecule has 1 aliphatic heterocycles. The number of benzene rings is 1. The summed E-state index contributed by atoms with van der Waals surface area (Å²) < 4.78 is 0. The number of anilines is 1. The van der Waals surface area contributed by atoms with Crippen LogP contribution in [0.3, 0.4) is 0 Å². The van der Waals surface area contributed by atoms with Crippen LogP contribution in [0.1, 0.15) is 59.9 Å². The average molecular weight is 301 g/mol. The van der Waals surface area contributed by atoms with Gasteiger partial charge in [0.1, 0.15) is 0 Å².